The molecule has 0 amide bonds. The van der Waals surface area contributed by atoms with Crippen molar-refractivity contribution in [2.45, 2.75) is 13.8 Å². The standard InChI is InChI=1S/C17H18ClO3P.Li.H/c1-4-21-12-8-9-15(11(2)10-12)22-17(19)16-13(18)6-5-7-14(16)20-3;;/h5-10,22H,4H2,1-3H3;;. The molecule has 2 aromatic rings. The van der Waals surface area contributed by atoms with Gasteiger partial charge in [0.15, 0.2) is 5.52 Å². The van der Waals surface area contributed by atoms with Gasteiger partial charge in [-0.25, -0.2) is 0 Å². The summed E-state index contributed by atoms with van der Waals surface area (Å²) < 4.78 is 10.7. The van der Waals surface area contributed by atoms with Gasteiger partial charge in [0.1, 0.15) is 11.5 Å². The van der Waals surface area contributed by atoms with E-state index >= 15 is 0 Å². The normalized spacial score (nSPS) is 10.4. The van der Waals surface area contributed by atoms with E-state index in [4.69, 9.17) is 21.1 Å². The Balaban J connectivity index is 0.00000264. The molecule has 0 aromatic heterocycles. The zero-order chi connectivity index (χ0) is 16.1. The van der Waals surface area contributed by atoms with Crippen LogP contribution in [0.5, 0.6) is 11.5 Å². The monoisotopic (exact) mass is 344 g/mol. The van der Waals surface area contributed by atoms with Crippen molar-refractivity contribution in [1.82, 2.24) is 0 Å². The van der Waals surface area contributed by atoms with Gasteiger partial charge >= 0.3 is 18.9 Å². The van der Waals surface area contributed by atoms with E-state index in [2.05, 4.69) is 0 Å². The van der Waals surface area contributed by atoms with Crippen LogP contribution in [-0.4, -0.2) is 38.1 Å². The Morgan fingerprint density at radius 3 is 2.61 bits per heavy atom. The number of hydrogen-bond acceptors (Lipinski definition) is 3. The van der Waals surface area contributed by atoms with Gasteiger partial charge in [0.05, 0.1) is 24.3 Å². The van der Waals surface area contributed by atoms with Crippen LogP contribution < -0.4 is 14.8 Å². The van der Waals surface area contributed by atoms with E-state index in [0.717, 1.165) is 16.6 Å². The molecule has 0 N–H and O–H groups in total. The third-order valence-corrected chi connectivity index (χ3v) is 4.80. The fraction of sp³-hybridized carbons (Fsp3) is 0.235. The maximum atomic E-state index is 12.6. The topological polar surface area (TPSA) is 35.5 Å². The molecule has 0 aliphatic heterocycles. The van der Waals surface area contributed by atoms with Gasteiger partial charge in [-0.15, -0.1) is 0 Å². The molecule has 0 aliphatic rings. The number of aryl methyl sites for hydroxylation is 1. The van der Waals surface area contributed by atoms with Crippen LogP contribution in [0.1, 0.15) is 22.8 Å². The first-order chi connectivity index (χ1) is 10.6. The van der Waals surface area contributed by atoms with Gasteiger partial charge in [-0.05, 0) is 57.6 Å². The van der Waals surface area contributed by atoms with Crippen LogP contribution >= 0.6 is 20.2 Å². The molecule has 1 unspecified atom stereocenters. The van der Waals surface area contributed by atoms with Crippen molar-refractivity contribution in [3.05, 3.63) is 52.5 Å². The molecule has 0 fully saturated rings. The Morgan fingerprint density at radius 1 is 1.26 bits per heavy atom. The Labute approximate surface area is 155 Å². The first kappa shape index (κ1) is 20.1. The average molecular weight is 345 g/mol. The summed E-state index contributed by atoms with van der Waals surface area (Å²) in [5, 5.41) is 1.40. The van der Waals surface area contributed by atoms with E-state index in [0.29, 0.717) is 22.9 Å². The predicted octanol–water partition coefficient (Wildman–Crippen LogP) is 3.55. The van der Waals surface area contributed by atoms with E-state index in [-0.39, 0.29) is 33.0 Å². The van der Waals surface area contributed by atoms with E-state index in [9.17, 15) is 4.79 Å². The SMILES string of the molecule is CCOc1ccc(PC(=O)c2c(Cl)cccc2OC)c(C)c1.[LiH]. The molecule has 0 radical (unpaired) electrons. The van der Waals surface area contributed by atoms with E-state index in [1.54, 1.807) is 18.2 Å². The van der Waals surface area contributed by atoms with E-state index in [1.807, 2.05) is 32.0 Å². The molecule has 23 heavy (non-hydrogen) atoms. The number of halogens is 1. The molecule has 3 nitrogen and oxygen atoms in total. The number of carbonyl (C=O) groups is 1. The molecule has 0 aliphatic carbocycles. The Bertz CT molecular complexity index is 692. The second-order valence-corrected chi connectivity index (χ2v) is 6.33. The van der Waals surface area contributed by atoms with E-state index < -0.39 is 0 Å². The average Bonchev–Trinajstić information content (AvgIpc) is 2.49. The molecule has 1 atom stereocenters. The molecule has 0 saturated carbocycles. The predicted molar refractivity (Wildman–Crippen MR) is 99.8 cm³/mol. The molecule has 0 saturated heterocycles. The second kappa shape index (κ2) is 9.35. The van der Waals surface area contributed by atoms with E-state index in [1.165, 1.54) is 7.11 Å². The van der Waals surface area contributed by atoms with Crippen molar-refractivity contribution in [3.63, 3.8) is 0 Å². The van der Waals surface area contributed by atoms with Gasteiger partial charge in [-0.1, -0.05) is 23.7 Å². The minimum atomic E-state index is -0.0327. The van der Waals surface area contributed by atoms with Crippen LogP contribution in [0, 0.1) is 6.92 Å². The molecule has 0 bridgehead atoms. The van der Waals surface area contributed by atoms with Gasteiger partial charge in [-0.2, -0.15) is 0 Å². The summed E-state index contributed by atoms with van der Waals surface area (Å²) in [6, 6.07) is 11.0. The molecule has 2 rings (SSSR count). The van der Waals surface area contributed by atoms with Gasteiger partial charge in [0.25, 0.3) is 0 Å². The Kier molecular flexibility index (Phi) is 8.16. The van der Waals surface area contributed by atoms with Crippen LogP contribution in [0.25, 0.3) is 0 Å². The summed E-state index contributed by atoms with van der Waals surface area (Å²) in [5.74, 6) is 1.32. The van der Waals surface area contributed by atoms with Gasteiger partial charge in [-0.3, -0.25) is 4.79 Å². The first-order valence-electron chi connectivity index (χ1n) is 6.94. The van der Waals surface area contributed by atoms with Crippen molar-refractivity contribution < 1.29 is 14.3 Å². The summed E-state index contributed by atoms with van der Waals surface area (Å²) in [6.45, 7) is 4.54. The number of methoxy groups -OCH3 is 1. The Morgan fingerprint density at radius 2 is 2.00 bits per heavy atom. The third-order valence-electron chi connectivity index (χ3n) is 3.18. The van der Waals surface area contributed by atoms with Gasteiger partial charge in [0, 0.05) is 0 Å². The number of benzene rings is 2. The number of hydrogen-bond donors (Lipinski definition) is 0. The second-order valence-electron chi connectivity index (χ2n) is 4.68. The van der Waals surface area contributed by atoms with Crippen molar-refractivity contribution in [2.75, 3.05) is 13.7 Å². The summed E-state index contributed by atoms with van der Waals surface area (Å²) >= 11 is 6.16. The third kappa shape index (κ3) is 5.00. The first-order valence-corrected chi connectivity index (χ1v) is 8.32. The molecule has 6 heteroatoms. The molecular formula is C17H19ClLiO3P. The number of ether oxygens (including phenoxy) is 2. The Hall–Kier alpha value is -0.973. The van der Waals surface area contributed by atoms with Crippen molar-refractivity contribution in [3.8, 4) is 11.5 Å². The van der Waals surface area contributed by atoms with Crippen LogP contribution in [0.15, 0.2) is 36.4 Å². The molecule has 0 spiro atoms. The maximum absolute atomic E-state index is 12.6. The van der Waals surface area contributed by atoms with Gasteiger partial charge < -0.3 is 9.47 Å². The zero-order valence-electron chi connectivity index (χ0n) is 12.8. The van der Waals surface area contributed by atoms with Crippen LogP contribution in [0.2, 0.25) is 5.02 Å². The summed E-state index contributed by atoms with van der Waals surface area (Å²) in [5.41, 5.74) is 1.44. The fourth-order valence-corrected chi connectivity index (χ4v) is 3.51. The summed E-state index contributed by atoms with van der Waals surface area (Å²) in [6.07, 6.45) is 0. The number of rotatable bonds is 6. The van der Waals surface area contributed by atoms with Crippen molar-refractivity contribution >= 4 is 49.9 Å². The fourth-order valence-electron chi connectivity index (χ4n) is 2.11. The van der Waals surface area contributed by atoms with Crippen LogP contribution in [-0.2, 0) is 0 Å². The molecule has 118 valence electrons. The summed E-state index contributed by atoms with van der Waals surface area (Å²) in [7, 11) is 1.53. The minimum absolute atomic E-state index is 0. The molecule has 0 heterocycles. The zero-order valence-corrected chi connectivity index (χ0v) is 14.5. The summed E-state index contributed by atoms with van der Waals surface area (Å²) in [4.78, 5) is 12.6. The van der Waals surface area contributed by atoms with Crippen LogP contribution in [0.4, 0.5) is 0 Å². The quantitative estimate of drug-likeness (QED) is 0.594. The van der Waals surface area contributed by atoms with Crippen molar-refractivity contribution in [1.29, 1.82) is 0 Å². The van der Waals surface area contributed by atoms with Crippen molar-refractivity contribution in [2.24, 2.45) is 0 Å². The van der Waals surface area contributed by atoms with Gasteiger partial charge in [0.2, 0.25) is 0 Å². The van der Waals surface area contributed by atoms with Crippen LogP contribution in [0.3, 0.4) is 0 Å². The number of carbonyl (C=O) groups excluding carboxylic acids is 1. The molecule has 2 aromatic carbocycles. The molecular weight excluding hydrogens is 326 g/mol.